The van der Waals surface area contributed by atoms with E-state index in [0.29, 0.717) is 0 Å². The van der Waals surface area contributed by atoms with E-state index in [1.54, 1.807) is 0 Å². The highest BCUT2D eigenvalue weighted by molar-refractivity contribution is 6.40. The molecule has 0 aliphatic carbocycles. The molecule has 0 N–H and O–H groups in total. The lowest BCUT2D eigenvalue weighted by atomic mass is 10.1. The van der Waals surface area contributed by atoms with Gasteiger partial charge in [0.1, 0.15) is 0 Å². The lowest BCUT2D eigenvalue weighted by Gasteiger charge is -2.04. The van der Waals surface area contributed by atoms with E-state index in [0.717, 1.165) is 22.2 Å². The summed E-state index contributed by atoms with van der Waals surface area (Å²) in [5.41, 5.74) is 3.69. The molecule has 0 unspecified atom stereocenters. The van der Waals surface area contributed by atoms with Gasteiger partial charge in [-0.15, -0.1) is 0 Å². The average Bonchev–Trinajstić information content (AvgIpc) is 2.41. The van der Waals surface area contributed by atoms with Crippen molar-refractivity contribution in [1.82, 2.24) is 9.97 Å². The fourth-order valence-electron chi connectivity index (χ4n) is 1.82. The minimum Gasteiger partial charge on any atom is -0.231 e. The zero-order valence-corrected chi connectivity index (χ0v) is 10.8. The Labute approximate surface area is 114 Å². The quantitative estimate of drug-likeness (QED) is 0.648. The van der Waals surface area contributed by atoms with Gasteiger partial charge in [0.25, 0.3) is 0 Å². The van der Waals surface area contributed by atoms with Crippen LogP contribution in [0.3, 0.4) is 0 Å². The van der Waals surface area contributed by atoms with Crippen molar-refractivity contribution in [1.29, 1.82) is 0 Å². The molecule has 0 aliphatic rings. The Bertz CT molecular complexity index is 712. The Hall–Kier alpha value is -1.64. The lowest BCUT2D eigenvalue weighted by molar-refractivity contribution is 1.29. The zero-order valence-electron chi connectivity index (χ0n) is 9.27. The van der Waals surface area contributed by atoms with Gasteiger partial charge < -0.3 is 0 Å². The van der Waals surface area contributed by atoms with E-state index in [1.165, 1.54) is 0 Å². The van der Waals surface area contributed by atoms with E-state index < -0.39 is 0 Å². The third kappa shape index (κ3) is 2.05. The largest absolute Gasteiger partial charge is 0.231 e. The van der Waals surface area contributed by atoms with Crippen molar-refractivity contribution in [3.05, 3.63) is 58.8 Å². The minimum atomic E-state index is 0.231. The molecule has 3 aromatic rings. The molecule has 0 radical (unpaired) electrons. The molecule has 0 saturated carbocycles. The molecule has 2 nitrogen and oxygen atoms in total. The molecular formula is C14H8Cl2N2. The lowest BCUT2D eigenvalue weighted by Crippen LogP contribution is -1.87. The van der Waals surface area contributed by atoms with Crippen molar-refractivity contribution in [2.24, 2.45) is 0 Å². The second-order valence-corrected chi connectivity index (χ2v) is 4.59. The van der Waals surface area contributed by atoms with Crippen LogP contribution in [0.5, 0.6) is 0 Å². The van der Waals surface area contributed by atoms with Crippen LogP contribution in [0.2, 0.25) is 10.3 Å². The first-order valence-electron chi connectivity index (χ1n) is 5.42. The van der Waals surface area contributed by atoms with Gasteiger partial charge in [0.05, 0.1) is 11.0 Å². The third-order valence-corrected chi connectivity index (χ3v) is 3.31. The van der Waals surface area contributed by atoms with Gasteiger partial charge in [0.15, 0.2) is 10.3 Å². The topological polar surface area (TPSA) is 25.8 Å². The van der Waals surface area contributed by atoms with Crippen molar-refractivity contribution >= 4 is 34.2 Å². The summed E-state index contributed by atoms with van der Waals surface area (Å²) in [4.78, 5) is 8.41. The normalized spacial score (nSPS) is 10.8. The summed E-state index contributed by atoms with van der Waals surface area (Å²) in [5, 5.41) is 0.464. The predicted octanol–water partition coefficient (Wildman–Crippen LogP) is 4.60. The SMILES string of the molecule is Clc1nc2ccc(-c3ccccc3)cc2nc1Cl. The van der Waals surface area contributed by atoms with Gasteiger partial charge in [0.2, 0.25) is 0 Å². The highest BCUT2D eigenvalue weighted by Gasteiger charge is 2.05. The number of nitrogens with zero attached hydrogens (tertiary/aromatic N) is 2. The van der Waals surface area contributed by atoms with Crippen molar-refractivity contribution < 1.29 is 0 Å². The van der Waals surface area contributed by atoms with Gasteiger partial charge in [-0.1, -0.05) is 59.6 Å². The number of benzene rings is 2. The first-order valence-corrected chi connectivity index (χ1v) is 6.18. The standard InChI is InChI=1S/C14H8Cl2N2/c15-13-14(16)18-12-8-10(6-7-11(12)17-13)9-4-2-1-3-5-9/h1-8H. The summed E-state index contributed by atoms with van der Waals surface area (Å²) in [5.74, 6) is 0. The van der Waals surface area contributed by atoms with E-state index in [2.05, 4.69) is 9.97 Å². The molecule has 0 aliphatic heterocycles. The van der Waals surface area contributed by atoms with Crippen LogP contribution in [0.4, 0.5) is 0 Å². The monoisotopic (exact) mass is 274 g/mol. The minimum absolute atomic E-state index is 0.231. The van der Waals surface area contributed by atoms with Crippen LogP contribution in [-0.2, 0) is 0 Å². The van der Waals surface area contributed by atoms with Crippen LogP contribution in [0.25, 0.3) is 22.2 Å². The molecule has 3 rings (SSSR count). The molecule has 88 valence electrons. The Balaban J connectivity index is 2.20. The maximum Gasteiger partial charge on any atom is 0.167 e. The molecule has 1 heterocycles. The Morgan fingerprint density at radius 3 is 2.06 bits per heavy atom. The average molecular weight is 275 g/mol. The Kier molecular flexibility index (Phi) is 2.90. The maximum atomic E-state index is 5.88. The maximum absolute atomic E-state index is 5.88. The van der Waals surface area contributed by atoms with E-state index in [9.17, 15) is 0 Å². The van der Waals surface area contributed by atoms with Crippen molar-refractivity contribution in [3.63, 3.8) is 0 Å². The molecule has 2 aromatic carbocycles. The molecule has 0 amide bonds. The highest BCUT2D eigenvalue weighted by atomic mass is 35.5. The number of rotatable bonds is 1. The van der Waals surface area contributed by atoms with Gasteiger partial charge in [-0.05, 0) is 23.3 Å². The molecule has 0 spiro atoms. The summed E-state index contributed by atoms with van der Waals surface area (Å²) >= 11 is 11.7. The first-order chi connectivity index (χ1) is 8.74. The Morgan fingerprint density at radius 1 is 0.667 bits per heavy atom. The van der Waals surface area contributed by atoms with Crippen molar-refractivity contribution in [3.8, 4) is 11.1 Å². The second kappa shape index (κ2) is 4.56. The van der Waals surface area contributed by atoms with Gasteiger partial charge >= 0.3 is 0 Å². The molecule has 1 aromatic heterocycles. The molecular weight excluding hydrogens is 267 g/mol. The smallest absolute Gasteiger partial charge is 0.167 e. The third-order valence-electron chi connectivity index (χ3n) is 2.69. The summed E-state index contributed by atoms with van der Waals surface area (Å²) in [6.45, 7) is 0. The predicted molar refractivity (Wildman–Crippen MR) is 75.0 cm³/mol. The van der Waals surface area contributed by atoms with Crippen molar-refractivity contribution in [2.45, 2.75) is 0 Å². The summed E-state index contributed by atoms with van der Waals surface area (Å²) in [6.07, 6.45) is 0. The fourth-order valence-corrected chi connectivity index (χ4v) is 2.09. The summed E-state index contributed by atoms with van der Waals surface area (Å²) in [7, 11) is 0. The van der Waals surface area contributed by atoms with Gasteiger partial charge in [-0.3, -0.25) is 0 Å². The van der Waals surface area contributed by atoms with Gasteiger partial charge in [-0.25, -0.2) is 9.97 Å². The molecule has 0 atom stereocenters. The van der Waals surface area contributed by atoms with Gasteiger partial charge in [-0.2, -0.15) is 0 Å². The zero-order chi connectivity index (χ0) is 12.5. The van der Waals surface area contributed by atoms with Crippen LogP contribution < -0.4 is 0 Å². The second-order valence-electron chi connectivity index (χ2n) is 3.87. The number of aromatic nitrogens is 2. The molecule has 4 heteroatoms. The van der Waals surface area contributed by atoms with E-state index >= 15 is 0 Å². The summed E-state index contributed by atoms with van der Waals surface area (Å²) < 4.78 is 0. The van der Waals surface area contributed by atoms with Crippen LogP contribution in [-0.4, -0.2) is 9.97 Å². The number of halogens is 2. The van der Waals surface area contributed by atoms with Crippen LogP contribution in [0.15, 0.2) is 48.5 Å². The van der Waals surface area contributed by atoms with E-state index in [1.807, 2.05) is 48.5 Å². The van der Waals surface area contributed by atoms with E-state index in [-0.39, 0.29) is 10.3 Å². The fraction of sp³-hybridized carbons (Fsp3) is 0. The molecule has 0 bridgehead atoms. The van der Waals surface area contributed by atoms with Crippen LogP contribution >= 0.6 is 23.2 Å². The van der Waals surface area contributed by atoms with Crippen LogP contribution in [0.1, 0.15) is 0 Å². The first kappa shape index (κ1) is 11.5. The molecule has 0 saturated heterocycles. The van der Waals surface area contributed by atoms with Crippen molar-refractivity contribution in [2.75, 3.05) is 0 Å². The van der Waals surface area contributed by atoms with E-state index in [4.69, 9.17) is 23.2 Å². The number of hydrogen-bond acceptors (Lipinski definition) is 2. The number of hydrogen-bond donors (Lipinski definition) is 0. The molecule has 18 heavy (non-hydrogen) atoms. The Morgan fingerprint density at radius 2 is 1.33 bits per heavy atom. The highest BCUT2D eigenvalue weighted by Crippen LogP contribution is 2.25. The molecule has 0 fully saturated rings. The number of fused-ring (bicyclic) bond motifs is 1. The van der Waals surface area contributed by atoms with Gasteiger partial charge in [0, 0.05) is 0 Å². The summed E-state index contributed by atoms with van der Waals surface area (Å²) in [6, 6.07) is 15.9. The van der Waals surface area contributed by atoms with Crippen LogP contribution in [0, 0.1) is 0 Å².